The largest absolute Gasteiger partial charge is 0.494 e. The Kier molecular flexibility index (Phi) is 5.20. The minimum Gasteiger partial charge on any atom is -0.494 e. The number of benzene rings is 2. The summed E-state index contributed by atoms with van der Waals surface area (Å²) in [7, 11) is 1.38. The monoisotopic (exact) mass is 393 g/mol. The lowest BCUT2D eigenvalue weighted by Gasteiger charge is -2.32. The molecule has 3 aromatic rings. The number of carbonyl (C=O) groups is 2. The highest BCUT2D eigenvalue weighted by Crippen LogP contribution is 2.26. The fourth-order valence-corrected chi connectivity index (χ4v) is 3.77. The number of carbonyl (C=O) groups excluding carboxylic acids is 2. The Morgan fingerprint density at radius 1 is 1.17 bits per heavy atom. The first-order chi connectivity index (χ1) is 14.1. The van der Waals surface area contributed by atoms with Crippen LogP contribution < -0.4 is 4.74 Å². The molecule has 1 aliphatic rings. The Bertz CT molecular complexity index is 1080. The number of piperidine rings is 1. The number of fused-ring (bicyclic) bond motifs is 1. The van der Waals surface area contributed by atoms with E-state index in [4.69, 9.17) is 4.74 Å². The van der Waals surface area contributed by atoms with E-state index >= 15 is 0 Å². The second kappa shape index (κ2) is 7.95. The van der Waals surface area contributed by atoms with E-state index in [1.807, 2.05) is 0 Å². The quantitative estimate of drug-likeness (QED) is 0.635. The maximum Gasteiger partial charge on any atom is 0.256 e. The summed E-state index contributed by atoms with van der Waals surface area (Å²) in [6.45, 7) is 0.859. The Hall–Kier alpha value is -3.35. The number of hydrogen-bond acceptors (Lipinski definition) is 5. The summed E-state index contributed by atoms with van der Waals surface area (Å²) in [6.07, 6.45) is 4.50. The van der Waals surface area contributed by atoms with Crippen LogP contribution in [0.2, 0.25) is 0 Å². The number of hydrogen-bond donors (Lipinski definition) is 0. The lowest BCUT2D eigenvalue weighted by molar-refractivity contribution is 0.0638. The van der Waals surface area contributed by atoms with Crippen LogP contribution in [0, 0.1) is 11.7 Å². The van der Waals surface area contributed by atoms with Crippen molar-refractivity contribution in [2.24, 2.45) is 5.92 Å². The van der Waals surface area contributed by atoms with Crippen LogP contribution in [0.3, 0.4) is 0 Å². The Morgan fingerprint density at radius 2 is 2.00 bits per heavy atom. The summed E-state index contributed by atoms with van der Waals surface area (Å²) in [5, 5.41) is 0. The number of halogens is 1. The average molecular weight is 393 g/mol. The normalized spacial score (nSPS) is 16.6. The number of nitrogens with zero attached hydrogens (tertiary/aromatic N) is 3. The summed E-state index contributed by atoms with van der Waals surface area (Å²) in [4.78, 5) is 36.2. The summed E-state index contributed by atoms with van der Waals surface area (Å²) in [5.74, 6) is -1.19. The lowest BCUT2D eigenvalue weighted by Crippen LogP contribution is -2.42. The maximum atomic E-state index is 14.0. The summed E-state index contributed by atoms with van der Waals surface area (Å²) < 4.78 is 18.9. The topological polar surface area (TPSA) is 72.4 Å². The third kappa shape index (κ3) is 3.68. The van der Waals surface area contributed by atoms with Gasteiger partial charge in [-0.3, -0.25) is 19.6 Å². The van der Waals surface area contributed by atoms with Gasteiger partial charge in [-0.25, -0.2) is 4.39 Å². The first kappa shape index (κ1) is 19.0. The lowest BCUT2D eigenvalue weighted by atomic mass is 9.89. The molecule has 2 aromatic carbocycles. The van der Waals surface area contributed by atoms with Crippen molar-refractivity contribution >= 4 is 22.7 Å². The highest BCUT2D eigenvalue weighted by atomic mass is 19.1. The highest BCUT2D eigenvalue weighted by molar-refractivity contribution is 6.05. The molecule has 0 bridgehead atoms. The van der Waals surface area contributed by atoms with Crippen molar-refractivity contribution < 1.29 is 18.7 Å². The smallest absolute Gasteiger partial charge is 0.256 e. The number of aromatic nitrogens is 2. The van der Waals surface area contributed by atoms with Crippen molar-refractivity contribution in [3.05, 3.63) is 65.7 Å². The van der Waals surface area contributed by atoms with Crippen LogP contribution in [-0.4, -0.2) is 46.8 Å². The van der Waals surface area contributed by atoms with Crippen molar-refractivity contribution in [1.29, 1.82) is 0 Å². The number of amides is 1. The van der Waals surface area contributed by atoms with Gasteiger partial charge in [0.25, 0.3) is 5.91 Å². The van der Waals surface area contributed by atoms with E-state index in [0.29, 0.717) is 48.1 Å². The fourth-order valence-electron chi connectivity index (χ4n) is 3.77. The number of para-hydroxylation sites is 1. The number of likely N-dealkylation sites (tertiary alicyclic amines) is 1. The molecule has 1 fully saturated rings. The molecular formula is C22H20FN3O3. The van der Waals surface area contributed by atoms with Gasteiger partial charge in [-0.2, -0.15) is 0 Å². The molecule has 0 spiro atoms. The molecule has 0 N–H and O–H groups in total. The molecule has 1 aromatic heterocycles. The van der Waals surface area contributed by atoms with Crippen LogP contribution in [0.25, 0.3) is 11.0 Å². The van der Waals surface area contributed by atoms with Crippen LogP contribution in [0.15, 0.2) is 48.8 Å². The fraction of sp³-hybridized carbons (Fsp3) is 0.273. The molecule has 29 heavy (non-hydrogen) atoms. The van der Waals surface area contributed by atoms with Gasteiger partial charge in [0.1, 0.15) is 5.52 Å². The average Bonchev–Trinajstić information content (AvgIpc) is 2.77. The Labute approximate surface area is 167 Å². The van der Waals surface area contributed by atoms with E-state index in [1.54, 1.807) is 41.6 Å². The van der Waals surface area contributed by atoms with Crippen LogP contribution >= 0.6 is 0 Å². The van der Waals surface area contributed by atoms with E-state index in [-0.39, 0.29) is 23.4 Å². The zero-order valence-electron chi connectivity index (χ0n) is 16.0. The first-order valence-electron chi connectivity index (χ1n) is 9.45. The zero-order valence-corrected chi connectivity index (χ0v) is 16.0. The SMILES string of the molecule is COc1ccc(C(=O)C2CCCN(C(=O)c3cccc4nccnc34)C2)cc1F. The minimum atomic E-state index is -0.573. The predicted molar refractivity (Wildman–Crippen MR) is 105 cm³/mol. The first-order valence-corrected chi connectivity index (χ1v) is 9.45. The van der Waals surface area contributed by atoms with Crippen molar-refractivity contribution in [2.75, 3.05) is 20.2 Å². The molecule has 1 saturated heterocycles. The number of rotatable bonds is 4. The van der Waals surface area contributed by atoms with E-state index in [2.05, 4.69) is 9.97 Å². The third-order valence-corrected chi connectivity index (χ3v) is 5.24. The Balaban J connectivity index is 1.55. The number of Topliss-reactive ketones (excluding diaryl/α,β-unsaturated/α-hetero) is 1. The highest BCUT2D eigenvalue weighted by Gasteiger charge is 2.30. The maximum absolute atomic E-state index is 14.0. The van der Waals surface area contributed by atoms with Crippen molar-refractivity contribution in [1.82, 2.24) is 14.9 Å². The van der Waals surface area contributed by atoms with Crippen molar-refractivity contribution in [2.45, 2.75) is 12.8 Å². The molecule has 7 heteroatoms. The zero-order chi connectivity index (χ0) is 20.4. The molecule has 4 rings (SSSR count). The van der Waals surface area contributed by atoms with Gasteiger partial charge < -0.3 is 9.64 Å². The van der Waals surface area contributed by atoms with E-state index in [9.17, 15) is 14.0 Å². The standard InChI is InChI=1S/C22H20FN3O3/c1-29-19-8-7-14(12-17(19)23)21(27)15-4-3-11-26(13-15)22(28)16-5-2-6-18-20(16)25-10-9-24-18/h2,5-10,12,15H,3-4,11,13H2,1H3. The van der Waals surface area contributed by atoms with Crippen LogP contribution in [0.1, 0.15) is 33.6 Å². The van der Waals surface area contributed by atoms with Crippen LogP contribution in [0.5, 0.6) is 5.75 Å². The number of methoxy groups -OCH3 is 1. The van der Waals surface area contributed by atoms with E-state index < -0.39 is 5.82 Å². The van der Waals surface area contributed by atoms with Gasteiger partial charge >= 0.3 is 0 Å². The number of ether oxygens (including phenoxy) is 1. The molecule has 0 aliphatic carbocycles. The van der Waals surface area contributed by atoms with Gasteiger partial charge in [-0.05, 0) is 43.2 Å². The molecule has 2 heterocycles. The predicted octanol–water partition coefficient (Wildman–Crippen LogP) is 3.51. The second-order valence-corrected chi connectivity index (χ2v) is 7.03. The summed E-state index contributed by atoms with van der Waals surface area (Å²) in [5.41, 5.74) is 1.96. The van der Waals surface area contributed by atoms with Gasteiger partial charge in [0.2, 0.25) is 0 Å². The molecule has 148 valence electrons. The Morgan fingerprint density at radius 3 is 2.79 bits per heavy atom. The second-order valence-electron chi connectivity index (χ2n) is 7.03. The molecule has 1 unspecified atom stereocenters. The number of ketones is 1. The molecule has 1 atom stereocenters. The van der Waals surface area contributed by atoms with Crippen molar-refractivity contribution in [3.63, 3.8) is 0 Å². The van der Waals surface area contributed by atoms with Gasteiger partial charge in [0.05, 0.1) is 18.2 Å². The molecule has 6 nitrogen and oxygen atoms in total. The third-order valence-electron chi connectivity index (χ3n) is 5.24. The van der Waals surface area contributed by atoms with Gasteiger partial charge in [0.15, 0.2) is 17.3 Å². The van der Waals surface area contributed by atoms with Gasteiger partial charge in [0, 0.05) is 37.0 Å². The van der Waals surface area contributed by atoms with Gasteiger partial charge in [-0.15, -0.1) is 0 Å². The van der Waals surface area contributed by atoms with Crippen LogP contribution in [-0.2, 0) is 0 Å². The summed E-state index contributed by atoms with van der Waals surface area (Å²) >= 11 is 0. The van der Waals surface area contributed by atoms with Crippen molar-refractivity contribution in [3.8, 4) is 5.75 Å². The van der Waals surface area contributed by atoms with E-state index in [1.165, 1.54) is 19.2 Å². The van der Waals surface area contributed by atoms with Crippen LogP contribution in [0.4, 0.5) is 4.39 Å². The molecule has 0 radical (unpaired) electrons. The van der Waals surface area contributed by atoms with E-state index in [0.717, 1.165) is 0 Å². The molecule has 1 aliphatic heterocycles. The summed E-state index contributed by atoms with van der Waals surface area (Å²) in [6, 6.07) is 9.51. The molecule has 0 saturated carbocycles. The molecule has 1 amide bonds. The van der Waals surface area contributed by atoms with Gasteiger partial charge in [-0.1, -0.05) is 6.07 Å². The minimum absolute atomic E-state index is 0.0964. The molecular weight excluding hydrogens is 373 g/mol.